The summed E-state index contributed by atoms with van der Waals surface area (Å²) in [4.78, 5) is 0. The molecule has 1 N–H and O–H groups in total. The third-order valence-electron chi connectivity index (χ3n) is 5.58. The van der Waals surface area contributed by atoms with Gasteiger partial charge in [-0.05, 0) is 43.5 Å². The molecule has 0 radical (unpaired) electrons. The first-order valence-corrected chi connectivity index (χ1v) is 13.0. The Hall–Kier alpha value is -0.943. The second kappa shape index (κ2) is 10.6. The van der Waals surface area contributed by atoms with Crippen LogP contribution in [0.3, 0.4) is 0 Å². The summed E-state index contributed by atoms with van der Waals surface area (Å²) in [5.74, 6) is 0.222. The molecule has 0 aliphatic rings. The lowest BCUT2D eigenvalue weighted by Crippen LogP contribution is -2.43. The predicted octanol–water partition coefficient (Wildman–Crippen LogP) is 5.95. The van der Waals surface area contributed by atoms with Gasteiger partial charge in [0, 0.05) is 12.0 Å². The zero-order valence-corrected chi connectivity index (χ0v) is 19.4. The van der Waals surface area contributed by atoms with E-state index < -0.39 is 14.4 Å². The minimum Gasteiger partial charge on any atom is -0.414 e. The smallest absolute Gasteiger partial charge is 0.192 e. The Morgan fingerprint density at radius 1 is 1.15 bits per heavy atom. The standard InChI is InChI=1S/C23H40O3Si/c1-18(19(2)16-25-17-21-12-10-9-11-13-21)14-22(24)15-20(3)26-27(7,8)23(4,5)6/h9-13,19-20,22,24H,1,14-17H2,2-8H3/t19-,20+,22+/m1/s1. The number of hydrogen-bond donors (Lipinski definition) is 1. The first-order valence-electron chi connectivity index (χ1n) is 10.1. The van der Waals surface area contributed by atoms with E-state index in [0.717, 1.165) is 5.57 Å². The van der Waals surface area contributed by atoms with Crippen LogP contribution < -0.4 is 0 Å². The van der Waals surface area contributed by atoms with Gasteiger partial charge in [0.25, 0.3) is 0 Å². The van der Waals surface area contributed by atoms with Crippen LogP contribution in [0.25, 0.3) is 0 Å². The molecular weight excluding hydrogens is 352 g/mol. The maximum atomic E-state index is 10.5. The van der Waals surface area contributed by atoms with Gasteiger partial charge in [-0.2, -0.15) is 0 Å². The fourth-order valence-electron chi connectivity index (χ4n) is 2.74. The fraction of sp³-hybridized carbons (Fsp3) is 0.652. The summed E-state index contributed by atoms with van der Waals surface area (Å²) in [5, 5.41) is 10.7. The summed E-state index contributed by atoms with van der Waals surface area (Å²) in [7, 11) is -1.80. The lowest BCUT2D eigenvalue weighted by Gasteiger charge is -2.39. The maximum absolute atomic E-state index is 10.5. The lowest BCUT2D eigenvalue weighted by molar-refractivity contribution is 0.0834. The van der Waals surface area contributed by atoms with E-state index in [2.05, 4.69) is 66.4 Å². The molecular formula is C23H40O3Si. The van der Waals surface area contributed by atoms with Crippen LogP contribution in [0.5, 0.6) is 0 Å². The van der Waals surface area contributed by atoms with Crippen molar-refractivity contribution in [3.8, 4) is 0 Å². The first kappa shape index (κ1) is 24.1. The van der Waals surface area contributed by atoms with Crippen molar-refractivity contribution in [1.82, 2.24) is 0 Å². The Kier molecular flexibility index (Phi) is 9.42. The van der Waals surface area contributed by atoms with E-state index in [-0.39, 0.29) is 17.1 Å². The average molecular weight is 393 g/mol. The average Bonchev–Trinajstić information content (AvgIpc) is 2.53. The van der Waals surface area contributed by atoms with Crippen molar-refractivity contribution < 1.29 is 14.3 Å². The predicted molar refractivity (Wildman–Crippen MR) is 117 cm³/mol. The monoisotopic (exact) mass is 392 g/mol. The number of aliphatic hydroxyl groups excluding tert-OH is 1. The van der Waals surface area contributed by atoms with Gasteiger partial charge in [0.15, 0.2) is 8.32 Å². The van der Waals surface area contributed by atoms with Crippen LogP contribution in [-0.4, -0.2) is 32.2 Å². The molecule has 1 aromatic rings. The molecule has 0 fully saturated rings. The highest BCUT2D eigenvalue weighted by Crippen LogP contribution is 2.37. The molecule has 1 aromatic carbocycles. The Morgan fingerprint density at radius 2 is 1.74 bits per heavy atom. The number of rotatable bonds is 11. The summed E-state index contributed by atoms with van der Waals surface area (Å²) in [6.45, 7) is 20.8. The minimum absolute atomic E-state index is 0.0540. The van der Waals surface area contributed by atoms with Crippen LogP contribution in [0.15, 0.2) is 42.5 Å². The number of benzene rings is 1. The molecule has 0 aliphatic carbocycles. The number of hydrogen-bond acceptors (Lipinski definition) is 3. The van der Waals surface area contributed by atoms with E-state index in [1.54, 1.807) is 0 Å². The molecule has 0 aromatic heterocycles. The molecule has 3 nitrogen and oxygen atoms in total. The highest BCUT2D eigenvalue weighted by atomic mass is 28.4. The summed E-state index contributed by atoms with van der Waals surface area (Å²) in [5.41, 5.74) is 2.21. The van der Waals surface area contributed by atoms with Crippen LogP contribution in [0.1, 0.15) is 53.0 Å². The first-order chi connectivity index (χ1) is 12.4. The van der Waals surface area contributed by atoms with Crippen LogP contribution in [0.2, 0.25) is 18.1 Å². The third kappa shape index (κ3) is 8.73. The molecule has 0 spiro atoms. The molecule has 0 saturated carbocycles. The van der Waals surface area contributed by atoms with Gasteiger partial charge in [0.1, 0.15) is 0 Å². The maximum Gasteiger partial charge on any atom is 0.192 e. The Balaban J connectivity index is 2.35. The zero-order chi connectivity index (χ0) is 20.7. The SMILES string of the molecule is C=C(C[C@H](O)C[C@H](C)O[Si](C)(C)C(C)(C)C)[C@H](C)COCc1ccccc1. The highest BCUT2D eigenvalue weighted by Gasteiger charge is 2.38. The second-order valence-electron chi connectivity index (χ2n) is 9.34. The van der Waals surface area contributed by atoms with Gasteiger partial charge in [-0.25, -0.2) is 0 Å². The van der Waals surface area contributed by atoms with Gasteiger partial charge in [-0.3, -0.25) is 0 Å². The van der Waals surface area contributed by atoms with Crippen LogP contribution in [-0.2, 0) is 15.8 Å². The van der Waals surface area contributed by atoms with Crippen molar-refractivity contribution in [2.45, 2.75) is 84.4 Å². The van der Waals surface area contributed by atoms with Crippen LogP contribution >= 0.6 is 0 Å². The zero-order valence-electron chi connectivity index (χ0n) is 18.4. The van der Waals surface area contributed by atoms with Crippen LogP contribution in [0.4, 0.5) is 0 Å². The molecule has 0 saturated heterocycles. The van der Waals surface area contributed by atoms with E-state index in [4.69, 9.17) is 9.16 Å². The van der Waals surface area contributed by atoms with Gasteiger partial charge < -0.3 is 14.3 Å². The highest BCUT2D eigenvalue weighted by molar-refractivity contribution is 6.74. The van der Waals surface area contributed by atoms with E-state index in [1.165, 1.54) is 5.56 Å². The summed E-state index contributed by atoms with van der Waals surface area (Å²) >= 11 is 0. The molecule has 154 valence electrons. The Morgan fingerprint density at radius 3 is 2.30 bits per heavy atom. The van der Waals surface area contributed by atoms with Crippen molar-refractivity contribution in [3.05, 3.63) is 48.0 Å². The summed E-state index contributed by atoms with van der Waals surface area (Å²) in [6, 6.07) is 10.2. The van der Waals surface area contributed by atoms with Crippen molar-refractivity contribution >= 4 is 8.32 Å². The number of ether oxygens (including phenoxy) is 1. The normalized spacial score (nSPS) is 16.0. The molecule has 0 unspecified atom stereocenters. The van der Waals surface area contributed by atoms with Crippen molar-refractivity contribution in [2.24, 2.45) is 5.92 Å². The van der Waals surface area contributed by atoms with Gasteiger partial charge in [0.05, 0.1) is 19.3 Å². The molecule has 0 heterocycles. The molecule has 1 rings (SSSR count). The van der Waals surface area contributed by atoms with Gasteiger partial charge >= 0.3 is 0 Å². The molecule has 3 atom stereocenters. The van der Waals surface area contributed by atoms with Gasteiger partial charge in [-0.15, -0.1) is 0 Å². The van der Waals surface area contributed by atoms with E-state index in [9.17, 15) is 5.11 Å². The van der Waals surface area contributed by atoms with Crippen molar-refractivity contribution in [2.75, 3.05) is 6.61 Å². The summed E-state index contributed by atoms with van der Waals surface area (Å²) in [6.07, 6.45) is 0.872. The topological polar surface area (TPSA) is 38.7 Å². The minimum atomic E-state index is -1.80. The largest absolute Gasteiger partial charge is 0.414 e. The fourth-order valence-corrected chi connectivity index (χ4v) is 4.20. The van der Waals surface area contributed by atoms with Crippen LogP contribution in [0, 0.1) is 5.92 Å². The quantitative estimate of drug-likeness (QED) is 0.374. The molecule has 4 heteroatoms. The number of aliphatic hydroxyl groups is 1. The summed E-state index contributed by atoms with van der Waals surface area (Å²) < 4.78 is 12.2. The molecule has 0 bridgehead atoms. The lowest BCUT2D eigenvalue weighted by atomic mass is 9.96. The van der Waals surface area contributed by atoms with Crippen molar-refractivity contribution in [1.29, 1.82) is 0 Å². The van der Waals surface area contributed by atoms with Gasteiger partial charge in [-0.1, -0.05) is 70.2 Å². The van der Waals surface area contributed by atoms with Gasteiger partial charge in [0.2, 0.25) is 0 Å². The second-order valence-corrected chi connectivity index (χ2v) is 14.1. The van der Waals surface area contributed by atoms with E-state index in [1.807, 2.05) is 18.2 Å². The molecule has 27 heavy (non-hydrogen) atoms. The molecule has 0 amide bonds. The Labute approximate surface area is 167 Å². The molecule has 0 aliphatic heterocycles. The van der Waals surface area contributed by atoms with Crippen molar-refractivity contribution in [3.63, 3.8) is 0 Å². The van der Waals surface area contributed by atoms with E-state index in [0.29, 0.717) is 26.1 Å². The third-order valence-corrected chi connectivity index (χ3v) is 10.2. The Bertz CT molecular complexity index is 563. The van der Waals surface area contributed by atoms with E-state index >= 15 is 0 Å².